The first-order valence-electron chi connectivity index (χ1n) is 13.6. The quantitative estimate of drug-likeness (QED) is 0.413. The van der Waals surface area contributed by atoms with E-state index in [-0.39, 0.29) is 23.2 Å². The summed E-state index contributed by atoms with van der Waals surface area (Å²) in [6.45, 7) is 7.37. The van der Waals surface area contributed by atoms with Crippen LogP contribution < -0.4 is 9.47 Å². The Kier molecular flexibility index (Phi) is 6.77. The van der Waals surface area contributed by atoms with Gasteiger partial charge in [-0.05, 0) is 98.6 Å². The second kappa shape index (κ2) is 9.65. The van der Waals surface area contributed by atoms with Crippen molar-refractivity contribution in [1.82, 2.24) is 9.47 Å². The molecule has 2 heterocycles. The van der Waals surface area contributed by atoms with Gasteiger partial charge in [-0.2, -0.15) is 0 Å². The number of methoxy groups -OCH3 is 1. The molecule has 38 heavy (non-hydrogen) atoms. The highest BCUT2D eigenvalue weighted by molar-refractivity contribution is 5.93. The highest BCUT2D eigenvalue weighted by Crippen LogP contribution is 2.54. The first kappa shape index (κ1) is 26.6. The SMILES string of the molecule is COc1cc(/C=C/c2cc(O)c3c(c2)C[C@@H]2C(C)(C)[C@H](O)CC[C@@]2(C)O3)cc2c1c(CCN(C)C)cn2C. The third kappa shape index (κ3) is 4.58. The van der Waals surface area contributed by atoms with Gasteiger partial charge in [0.1, 0.15) is 11.4 Å². The molecule has 6 heteroatoms. The molecule has 0 unspecified atom stereocenters. The second-order valence-corrected chi connectivity index (χ2v) is 12.3. The maximum Gasteiger partial charge on any atom is 0.164 e. The van der Waals surface area contributed by atoms with E-state index in [1.165, 1.54) is 5.56 Å². The summed E-state index contributed by atoms with van der Waals surface area (Å²) < 4.78 is 14.5. The third-order valence-electron chi connectivity index (χ3n) is 9.01. The van der Waals surface area contributed by atoms with E-state index in [0.717, 1.165) is 59.2 Å². The largest absolute Gasteiger partial charge is 0.504 e. The van der Waals surface area contributed by atoms with Gasteiger partial charge in [0.2, 0.25) is 0 Å². The number of aromatic hydroxyl groups is 1. The summed E-state index contributed by atoms with van der Waals surface area (Å²) in [5.41, 5.74) is 4.71. The molecule has 1 fully saturated rings. The first-order chi connectivity index (χ1) is 17.9. The van der Waals surface area contributed by atoms with Gasteiger partial charge in [0, 0.05) is 31.1 Å². The molecule has 2 aromatic carbocycles. The molecule has 0 spiro atoms. The predicted molar refractivity (Wildman–Crippen MR) is 154 cm³/mol. The van der Waals surface area contributed by atoms with Crippen LogP contribution in [0.15, 0.2) is 30.5 Å². The lowest BCUT2D eigenvalue weighted by molar-refractivity contribution is -0.138. The number of hydrogen-bond donors (Lipinski definition) is 2. The van der Waals surface area contributed by atoms with E-state index in [1.54, 1.807) is 13.2 Å². The number of likely N-dealkylation sites (N-methyl/N-ethyl adjacent to an activating group) is 1. The van der Waals surface area contributed by atoms with Crippen molar-refractivity contribution in [3.05, 3.63) is 52.7 Å². The van der Waals surface area contributed by atoms with E-state index in [9.17, 15) is 10.2 Å². The number of aromatic nitrogens is 1. The zero-order valence-corrected chi connectivity index (χ0v) is 23.8. The van der Waals surface area contributed by atoms with Crippen molar-refractivity contribution in [3.63, 3.8) is 0 Å². The Labute approximate surface area is 226 Å². The highest BCUT2D eigenvalue weighted by Gasteiger charge is 2.54. The fraction of sp³-hybridized carbons (Fsp3) is 0.500. The minimum atomic E-state index is -0.392. The van der Waals surface area contributed by atoms with Crippen molar-refractivity contribution in [2.75, 3.05) is 27.7 Å². The van der Waals surface area contributed by atoms with E-state index in [4.69, 9.17) is 9.47 Å². The predicted octanol–water partition coefficient (Wildman–Crippen LogP) is 5.66. The zero-order valence-electron chi connectivity index (χ0n) is 23.8. The van der Waals surface area contributed by atoms with Gasteiger partial charge in [-0.15, -0.1) is 0 Å². The number of phenols is 1. The van der Waals surface area contributed by atoms with Crippen molar-refractivity contribution in [3.8, 4) is 17.2 Å². The van der Waals surface area contributed by atoms with Gasteiger partial charge in [-0.3, -0.25) is 0 Å². The number of aliphatic hydroxyl groups is 1. The molecule has 5 rings (SSSR count). The molecule has 1 aliphatic heterocycles. The molecule has 2 N–H and O–H groups in total. The molecule has 0 bridgehead atoms. The Morgan fingerprint density at radius 1 is 1.13 bits per heavy atom. The molecule has 204 valence electrons. The lowest BCUT2D eigenvalue weighted by Gasteiger charge is -2.55. The molecule has 1 aliphatic carbocycles. The van der Waals surface area contributed by atoms with Crippen LogP contribution in [-0.4, -0.2) is 59.1 Å². The Bertz CT molecular complexity index is 1390. The van der Waals surface area contributed by atoms with Gasteiger partial charge in [0.15, 0.2) is 11.5 Å². The van der Waals surface area contributed by atoms with Gasteiger partial charge in [-0.25, -0.2) is 0 Å². The molecule has 3 aromatic rings. The summed E-state index contributed by atoms with van der Waals surface area (Å²) in [6.07, 6.45) is 9.16. The summed E-state index contributed by atoms with van der Waals surface area (Å²) in [4.78, 5) is 2.19. The first-order valence-corrected chi connectivity index (χ1v) is 13.6. The average molecular weight is 519 g/mol. The zero-order chi connectivity index (χ0) is 27.4. The van der Waals surface area contributed by atoms with E-state index in [1.807, 2.05) is 6.08 Å². The summed E-state index contributed by atoms with van der Waals surface area (Å²) in [5, 5.41) is 22.8. The van der Waals surface area contributed by atoms with Crippen LogP contribution in [0.5, 0.6) is 17.2 Å². The van der Waals surface area contributed by atoms with Crippen LogP contribution in [-0.2, 0) is 19.9 Å². The van der Waals surface area contributed by atoms with E-state index in [2.05, 4.69) is 81.9 Å². The molecular weight excluding hydrogens is 476 g/mol. The standard InChI is InChI=1S/C32H42N2O4/c1-31(2)27-18-23-14-20(16-25(35)30(23)38-32(27,3)12-10-28(31)36)8-9-21-15-24-29(26(17-21)37-7)22(19-34(24)6)11-13-33(4)5/h8-9,14-17,19,27-28,35-36H,10-13,18H2,1-7H3/b9-8+/t27-,28-,32-/m1/s1. The van der Waals surface area contributed by atoms with Crippen LogP contribution in [0.1, 0.15) is 55.9 Å². The number of nitrogens with zero attached hydrogens (tertiary/aromatic N) is 2. The smallest absolute Gasteiger partial charge is 0.164 e. The van der Waals surface area contributed by atoms with Crippen molar-refractivity contribution >= 4 is 23.1 Å². The number of benzene rings is 2. The van der Waals surface area contributed by atoms with Crippen LogP contribution in [0.3, 0.4) is 0 Å². The van der Waals surface area contributed by atoms with Crippen LogP contribution in [0, 0.1) is 11.3 Å². The molecular formula is C32H42N2O4. The molecule has 0 amide bonds. The molecule has 3 atom stereocenters. The second-order valence-electron chi connectivity index (χ2n) is 12.3. The minimum absolute atomic E-state index is 0.163. The number of phenolic OH excluding ortho intramolecular Hbond substituents is 1. The number of hydrogen-bond acceptors (Lipinski definition) is 5. The fourth-order valence-electron chi connectivity index (χ4n) is 6.68. The van der Waals surface area contributed by atoms with Gasteiger partial charge < -0.3 is 29.2 Å². The lowest BCUT2D eigenvalue weighted by atomic mass is 9.57. The van der Waals surface area contributed by atoms with Crippen LogP contribution in [0.25, 0.3) is 23.1 Å². The Hall–Kier alpha value is -2.96. The Morgan fingerprint density at radius 3 is 2.53 bits per heavy atom. The van der Waals surface area contributed by atoms with E-state index in [0.29, 0.717) is 12.2 Å². The molecule has 0 saturated heterocycles. The summed E-state index contributed by atoms with van der Waals surface area (Å²) in [6, 6.07) is 8.16. The molecule has 2 aliphatic rings. The van der Waals surface area contributed by atoms with Crippen LogP contribution in [0.2, 0.25) is 0 Å². The van der Waals surface area contributed by atoms with Gasteiger partial charge in [0.25, 0.3) is 0 Å². The van der Waals surface area contributed by atoms with Crippen molar-refractivity contribution in [2.45, 2.75) is 58.2 Å². The summed E-state index contributed by atoms with van der Waals surface area (Å²) in [5.74, 6) is 1.79. The van der Waals surface area contributed by atoms with Crippen LogP contribution >= 0.6 is 0 Å². The Morgan fingerprint density at radius 2 is 1.84 bits per heavy atom. The van der Waals surface area contributed by atoms with E-state index >= 15 is 0 Å². The van der Waals surface area contributed by atoms with Crippen molar-refractivity contribution in [2.24, 2.45) is 18.4 Å². The third-order valence-corrected chi connectivity index (χ3v) is 9.01. The number of ether oxygens (including phenoxy) is 2. The molecule has 1 aromatic heterocycles. The fourth-order valence-corrected chi connectivity index (χ4v) is 6.68. The monoisotopic (exact) mass is 518 g/mol. The molecule has 1 saturated carbocycles. The highest BCUT2D eigenvalue weighted by atomic mass is 16.5. The van der Waals surface area contributed by atoms with Gasteiger partial charge >= 0.3 is 0 Å². The van der Waals surface area contributed by atoms with Crippen molar-refractivity contribution < 1.29 is 19.7 Å². The van der Waals surface area contributed by atoms with Crippen LogP contribution in [0.4, 0.5) is 0 Å². The maximum atomic E-state index is 10.9. The number of rotatable bonds is 6. The number of aryl methyl sites for hydroxylation is 1. The minimum Gasteiger partial charge on any atom is -0.504 e. The number of fused-ring (bicyclic) bond motifs is 3. The Balaban J connectivity index is 1.47. The van der Waals surface area contributed by atoms with Crippen molar-refractivity contribution in [1.29, 1.82) is 0 Å². The normalized spacial score (nSPS) is 24.4. The average Bonchev–Trinajstić information content (AvgIpc) is 3.19. The number of aliphatic hydroxyl groups excluding tert-OH is 1. The van der Waals surface area contributed by atoms with Gasteiger partial charge in [0.05, 0.1) is 18.7 Å². The topological polar surface area (TPSA) is 67.1 Å². The van der Waals surface area contributed by atoms with Gasteiger partial charge in [-0.1, -0.05) is 26.0 Å². The lowest BCUT2D eigenvalue weighted by Crippen LogP contribution is -2.58. The summed E-state index contributed by atoms with van der Waals surface area (Å²) >= 11 is 0. The molecule has 6 nitrogen and oxygen atoms in total. The molecule has 0 radical (unpaired) electrons. The van der Waals surface area contributed by atoms with E-state index < -0.39 is 5.60 Å². The summed E-state index contributed by atoms with van der Waals surface area (Å²) in [7, 11) is 7.99. The maximum absolute atomic E-state index is 10.9.